The quantitative estimate of drug-likeness (QED) is 0.856. The maximum Gasteiger partial charge on any atom is 0.225 e. The van der Waals surface area contributed by atoms with E-state index in [1.165, 1.54) is 12.0 Å². The normalized spacial score (nSPS) is 20.9. The molecule has 0 N–H and O–H groups in total. The van der Waals surface area contributed by atoms with Crippen LogP contribution in [-0.2, 0) is 11.3 Å². The molecule has 1 heterocycles. The Bertz CT molecular complexity index is 501. The van der Waals surface area contributed by atoms with Crippen molar-refractivity contribution in [1.82, 2.24) is 9.80 Å². The lowest BCUT2D eigenvalue weighted by Gasteiger charge is -2.31. The molecule has 2 aliphatic rings. The second kappa shape index (κ2) is 6.80. The van der Waals surface area contributed by atoms with Crippen LogP contribution in [0.25, 0.3) is 0 Å². The Morgan fingerprint density at radius 3 is 2.71 bits per heavy atom. The van der Waals surface area contributed by atoms with Gasteiger partial charge in [0.1, 0.15) is 0 Å². The molecule has 1 aliphatic carbocycles. The third-order valence-corrected chi connectivity index (χ3v) is 4.88. The summed E-state index contributed by atoms with van der Waals surface area (Å²) in [6.07, 6.45) is 4.49. The van der Waals surface area contributed by atoms with Crippen molar-refractivity contribution < 1.29 is 4.79 Å². The minimum Gasteiger partial charge on any atom is -0.341 e. The van der Waals surface area contributed by atoms with Crippen LogP contribution in [0.4, 0.5) is 0 Å². The number of amides is 1. The molecular formula is C17H23ClN2O. The third kappa shape index (κ3) is 3.78. The fourth-order valence-electron chi connectivity index (χ4n) is 3.16. The minimum absolute atomic E-state index is 0.324. The van der Waals surface area contributed by atoms with Crippen molar-refractivity contribution in [2.75, 3.05) is 26.2 Å². The Morgan fingerprint density at radius 1 is 1.14 bits per heavy atom. The number of carbonyl (C=O) groups excluding carboxylic acids is 1. The summed E-state index contributed by atoms with van der Waals surface area (Å²) in [6, 6.07) is 8.06. The van der Waals surface area contributed by atoms with Crippen LogP contribution in [0.5, 0.6) is 0 Å². The van der Waals surface area contributed by atoms with E-state index in [2.05, 4.69) is 15.9 Å². The van der Waals surface area contributed by atoms with Gasteiger partial charge in [0.2, 0.25) is 5.91 Å². The number of rotatable bonds is 3. The van der Waals surface area contributed by atoms with Gasteiger partial charge >= 0.3 is 0 Å². The first-order valence-corrected chi connectivity index (χ1v) is 8.36. The highest BCUT2D eigenvalue weighted by molar-refractivity contribution is 6.30. The first kappa shape index (κ1) is 14.9. The summed E-state index contributed by atoms with van der Waals surface area (Å²) < 4.78 is 0. The number of hydrogen-bond acceptors (Lipinski definition) is 2. The van der Waals surface area contributed by atoms with E-state index in [0.29, 0.717) is 11.8 Å². The highest BCUT2D eigenvalue weighted by Crippen LogP contribution is 2.28. The SMILES string of the molecule is O=C(C1CCC1)N1CCCN(Cc2cccc(Cl)c2)CC1. The van der Waals surface area contributed by atoms with Crippen molar-refractivity contribution in [3.63, 3.8) is 0 Å². The second-order valence-corrected chi connectivity index (χ2v) is 6.65. The Labute approximate surface area is 131 Å². The topological polar surface area (TPSA) is 23.6 Å². The molecule has 0 spiro atoms. The zero-order chi connectivity index (χ0) is 14.7. The van der Waals surface area contributed by atoms with Gasteiger partial charge in [-0.25, -0.2) is 0 Å². The van der Waals surface area contributed by atoms with Crippen LogP contribution in [0.3, 0.4) is 0 Å². The van der Waals surface area contributed by atoms with Crippen molar-refractivity contribution >= 4 is 17.5 Å². The predicted molar refractivity (Wildman–Crippen MR) is 85.3 cm³/mol. The first-order valence-electron chi connectivity index (χ1n) is 7.98. The summed E-state index contributed by atoms with van der Waals surface area (Å²) in [5.41, 5.74) is 1.25. The third-order valence-electron chi connectivity index (χ3n) is 4.65. The van der Waals surface area contributed by atoms with Gasteiger partial charge < -0.3 is 4.90 Å². The molecule has 114 valence electrons. The van der Waals surface area contributed by atoms with Gasteiger partial charge in [-0.2, -0.15) is 0 Å². The molecule has 1 aromatic rings. The van der Waals surface area contributed by atoms with Crippen LogP contribution in [0.1, 0.15) is 31.2 Å². The summed E-state index contributed by atoms with van der Waals surface area (Å²) in [4.78, 5) is 16.8. The van der Waals surface area contributed by atoms with E-state index >= 15 is 0 Å². The lowest BCUT2D eigenvalue weighted by atomic mass is 9.84. The zero-order valence-electron chi connectivity index (χ0n) is 12.4. The van der Waals surface area contributed by atoms with Gasteiger partial charge in [-0.1, -0.05) is 30.2 Å². The van der Waals surface area contributed by atoms with E-state index in [-0.39, 0.29) is 0 Å². The molecule has 0 aromatic heterocycles. The molecule has 0 unspecified atom stereocenters. The molecule has 1 saturated heterocycles. The molecule has 1 amide bonds. The van der Waals surface area contributed by atoms with E-state index in [1.807, 2.05) is 18.2 Å². The van der Waals surface area contributed by atoms with Crippen LogP contribution >= 0.6 is 11.6 Å². The predicted octanol–water partition coefficient (Wildman–Crippen LogP) is 3.17. The van der Waals surface area contributed by atoms with Crippen molar-refractivity contribution in [2.45, 2.75) is 32.2 Å². The zero-order valence-corrected chi connectivity index (χ0v) is 13.2. The largest absolute Gasteiger partial charge is 0.341 e. The van der Waals surface area contributed by atoms with E-state index in [9.17, 15) is 4.79 Å². The summed E-state index contributed by atoms with van der Waals surface area (Å²) in [7, 11) is 0. The fraction of sp³-hybridized carbons (Fsp3) is 0.588. The van der Waals surface area contributed by atoms with Gasteiger partial charge in [-0.05, 0) is 37.0 Å². The summed E-state index contributed by atoms with van der Waals surface area (Å²) in [5, 5.41) is 0.795. The number of nitrogens with zero attached hydrogens (tertiary/aromatic N) is 2. The van der Waals surface area contributed by atoms with Crippen molar-refractivity contribution in [3.8, 4) is 0 Å². The lowest BCUT2D eigenvalue weighted by Crippen LogP contribution is -2.41. The van der Waals surface area contributed by atoms with Crippen molar-refractivity contribution in [2.24, 2.45) is 5.92 Å². The molecule has 3 nitrogen and oxygen atoms in total. The van der Waals surface area contributed by atoms with Crippen LogP contribution in [0.15, 0.2) is 24.3 Å². The van der Waals surface area contributed by atoms with Crippen LogP contribution in [0.2, 0.25) is 5.02 Å². The molecular weight excluding hydrogens is 284 g/mol. The van der Waals surface area contributed by atoms with E-state index in [0.717, 1.165) is 57.0 Å². The molecule has 1 aromatic carbocycles. The van der Waals surface area contributed by atoms with E-state index in [4.69, 9.17) is 11.6 Å². The highest BCUT2D eigenvalue weighted by atomic mass is 35.5. The average Bonchev–Trinajstić information content (AvgIpc) is 2.62. The molecule has 3 rings (SSSR count). The first-order chi connectivity index (χ1) is 10.2. The molecule has 1 aliphatic heterocycles. The monoisotopic (exact) mass is 306 g/mol. The van der Waals surface area contributed by atoms with E-state index in [1.54, 1.807) is 0 Å². The second-order valence-electron chi connectivity index (χ2n) is 6.21. The van der Waals surface area contributed by atoms with Gasteiger partial charge in [0.15, 0.2) is 0 Å². The summed E-state index contributed by atoms with van der Waals surface area (Å²) >= 11 is 6.05. The molecule has 0 atom stereocenters. The smallest absolute Gasteiger partial charge is 0.225 e. The fourth-order valence-corrected chi connectivity index (χ4v) is 3.37. The van der Waals surface area contributed by atoms with Gasteiger partial charge in [0, 0.05) is 43.7 Å². The highest BCUT2D eigenvalue weighted by Gasteiger charge is 2.30. The number of hydrogen-bond donors (Lipinski definition) is 0. The standard InChI is InChI=1S/C17H23ClN2O/c18-16-7-1-4-14(12-16)13-19-8-3-9-20(11-10-19)17(21)15-5-2-6-15/h1,4,7,12,15H,2-3,5-6,8-11,13H2. The maximum absolute atomic E-state index is 12.3. The Balaban J connectivity index is 1.54. The van der Waals surface area contributed by atoms with Crippen LogP contribution in [0, 0.1) is 5.92 Å². The number of halogens is 1. The molecule has 0 radical (unpaired) electrons. The lowest BCUT2D eigenvalue weighted by molar-refractivity contribution is -0.138. The number of carbonyl (C=O) groups is 1. The Kier molecular flexibility index (Phi) is 4.81. The summed E-state index contributed by atoms with van der Waals surface area (Å²) in [6.45, 7) is 4.73. The Morgan fingerprint density at radius 2 is 2.00 bits per heavy atom. The summed E-state index contributed by atoms with van der Waals surface area (Å²) in [5.74, 6) is 0.718. The van der Waals surface area contributed by atoms with Crippen molar-refractivity contribution in [3.05, 3.63) is 34.9 Å². The average molecular weight is 307 g/mol. The van der Waals surface area contributed by atoms with Gasteiger partial charge in [0.05, 0.1) is 0 Å². The van der Waals surface area contributed by atoms with Gasteiger partial charge in [-0.3, -0.25) is 9.69 Å². The molecule has 1 saturated carbocycles. The molecule has 2 fully saturated rings. The van der Waals surface area contributed by atoms with Crippen molar-refractivity contribution in [1.29, 1.82) is 0 Å². The van der Waals surface area contributed by atoms with Gasteiger partial charge in [0.25, 0.3) is 0 Å². The molecule has 21 heavy (non-hydrogen) atoms. The van der Waals surface area contributed by atoms with Gasteiger partial charge in [-0.15, -0.1) is 0 Å². The molecule has 4 heteroatoms. The minimum atomic E-state index is 0.324. The van der Waals surface area contributed by atoms with E-state index < -0.39 is 0 Å². The Hall–Kier alpha value is -1.06. The molecule has 0 bridgehead atoms. The van der Waals surface area contributed by atoms with Crippen LogP contribution < -0.4 is 0 Å². The maximum atomic E-state index is 12.3. The number of benzene rings is 1. The van der Waals surface area contributed by atoms with Crippen LogP contribution in [-0.4, -0.2) is 41.9 Å².